The Morgan fingerprint density at radius 3 is 2.74 bits per heavy atom. The molecule has 1 fully saturated rings. The van der Waals surface area contributed by atoms with E-state index in [0.29, 0.717) is 6.54 Å². The maximum Gasteiger partial charge on any atom is 0.0349 e. The highest BCUT2D eigenvalue weighted by molar-refractivity contribution is 7.19. The van der Waals surface area contributed by atoms with Crippen molar-refractivity contribution in [3.05, 3.63) is 34.7 Å². The topological polar surface area (TPSA) is 29.3 Å². The average Bonchev–Trinajstić information content (AvgIpc) is 3.06. The Morgan fingerprint density at radius 1 is 1.26 bits per heavy atom. The quantitative estimate of drug-likeness (QED) is 0.920. The smallest absolute Gasteiger partial charge is 0.0349 e. The van der Waals surface area contributed by atoms with Gasteiger partial charge in [-0.25, -0.2) is 0 Å². The Bertz CT molecular complexity index is 555. The highest BCUT2D eigenvalue weighted by atomic mass is 32.1. The number of rotatable bonds is 4. The van der Waals surface area contributed by atoms with Crippen molar-refractivity contribution in [1.29, 1.82) is 0 Å². The fraction of sp³-hybridized carbons (Fsp3) is 0.500. The first-order chi connectivity index (χ1) is 9.29. The SMILES string of the molecule is CN(Cc1c(CN)sc2ccccc12)C1CCCC1. The van der Waals surface area contributed by atoms with E-state index in [1.807, 2.05) is 11.3 Å². The summed E-state index contributed by atoms with van der Waals surface area (Å²) in [5.41, 5.74) is 7.39. The minimum atomic E-state index is 0.660. The maximum atomic E-state index is 5.94. The first-order valence-electron chi connectivity index (χ1n) is 7.19. The van der Waals surface area contributed by atoms with Gasteiger partial charge in [0.2, 0.25) is 0 Å². The van der Waals surface area contributed by atoms with Crippen LogP contribution >= 0.6 is 11.3 Å². The molecule has 0 aliphatic heterocycles. The molecule has 2 N–H and O–H groups in total. The fourth-order valence-electron chi connectivity index (χ4n) is 3.21. The summed E-state index contributed by atoms with van der Waals surface area (Å²) in [7, 11) is 2.27. The second-order valence-electron chi connectivity index (χ2n) is 5.56. The van der Waals surface area contributed by atoms with Crippen LogP contribution in [0.15, 0.2) is 24.3 Å². The van der Waals surface area contributed by atoms with Crippen LogP contribution in [0, 0.1) is 0 Å². The second-order valence-corrected chi connectivity index (χ2v) is 6.69. The van der Waals surface area contributed by atoms with E-state index in [1.54, 1.807) is 0 Å². The van der Waals surface area contributed by atoms with E-state index < -0.39 is 0 Å². The number of nitrogens with zero attached hydrogens (tertiary/aromatic N) is 1. The van der Waals surface area contributed by atoms with Gasteiger partial charge in [0.1, 0.15) is 0 Å². The zero-order chi connectivity index (χ0) is 13.2. The van der Waals surface area contributed by atoms with Crippen LogP contribution in [0.25, 0.3) is 10.1 Å². The molecule has 0 saturated heterocycles. The van der Waals surface area contributed by atoms with Gasteiger partial charge in [0.25, 0.3) is 0 Å². The highest BCUT2D eigenvalue weighted by Gasteiger charge is 2.21. The van der Waals surface area contributed by atoms with Crippen LogP contribution in [0.2, 0.25) is 0 Å². The number of nitrogens with two attached hydrogens (primary N) is 1. The second kappa shape index (κ2) is 5.61. The minimum Gasteiger partial charge on any atom is -0.326 e. The van der Waals surface area contributed by atoms with Crippen molar-refractivity contribution >= 4 is 21.4 Å². The van der Waals surface area contributed by atoms with Gasteiger partial charge >= 0.3 is 0 Å². The number of thiophene rings is 1. The third-order valence-corrected chi connectivity index (χ3v) is 5.56. The Hall–Kier alpha value is -0.900. The molecule has 3 heteroatoms. The van der Waals surface area contributed by atoms with Crippen molar-refractivity contribution in [1.82, 2.24) is 4.90 Å². The zero-order valence-corrected chi connectivity index (χ0v) is 12.4. The Morgan fingerprint density at radius 2 is 2.00 bits per heavy atom. The molecule has 0 amide bonds. The number of hydrogen-bond acceptors (Lipinski definition) is 3. The molecule has 0 spiro atoms. The predicted octanol–water partition coefficient (Wildman–Crippen LogP) is 3.73. The van der Waals surface area contributed by atoms with Gasteiger partial charge in [-0.3, -0.25) is 4.90 Å². The number of benzene rings is 1. The number of fused-ring (bicyclic) bond motifs is 1. The molecule has 1 saturated carbocycles. The van der Waals surface area contributed by atoms with E-state index in [-0.39, 0.29) is 0 Å². The van der Waals surface area contributed by atoms with Gasteiger partial charge in [0.15, 0.2) is 0 Å². The predicted molar refractivity (Wildman–Crippen MR) is 83.4 cm³/mol. The molecule has 1 aliphatic carbocycles. The van der Waals surface area contributed by atoms with Gasteiger partial charge < -0.3 is 5.73 Å². The lowest BCUT2D eigenvalue weighted by Crippen LogP contribution is -2.28. The van der Waals surface area contributed by atoms with E-state index >= 15 is 0 Å². The van der Waals surface area contributed by atoms with E-state index in [0.717, 1.165) is 12.6 Å². The van der Waals surface area contributed by atoms with E-state index in [2.05, 4.69) is 36.2 Å². The van der Waals surface area contributed by atoms with Crippen molar-refractivity contribution < 1.29 is 0 Å². The summed E-state index contributed by atoms with van der Waals surface area (Å²) in [6, 6.07) is 9.46. The average molecular weight is 274 g/mol. The van der Waals surface area contributed by atoms with Crippen molar-refractivity contribution in [3.8, 4) is 0 Å². The summed E-state index contributed by atoms with van der Waals surface area (Å²) in [6.45, 7) is 1.70. The summed E-state index contributed by atoms with van der Waals surface area (Å²) in [6.07, 6.45) is 5.50. The largest absolute Gasteiger partial charge is 0.326 e. The maximum absolute atomic E-state index is 5.94. The van der Waals surface area contributed by atoms with Gasteiger partial charge in [-0.05, 0) is 36.9 Å². The van der Waals surface area contributed by atoms with E-state index in [9.17, 15) is 0 Å². The molecule has 3 rings (SSSR count). The number of hydrogen-bond donors (Lipinski definition) is 1. The highest BCUT2D eigenvalue weighted by Crippen LogP contribution is 2.33. The summed E-state index contributed by atoms with van der Waals surface area (Å²) >= 11 is 1.86. The lowest BCUT2D eigenvalue weighted by atomic mass is 10.1. The summed E-state index contributed by atoms with van der Waals surface area (Å²) in [5.74, 6) is 0. The fourth-order valence-corrected chi connectivity index (χ4v) is 4.31. The molecule has 0 bridgehead atoms. The van der Waals surface area contributed by atoms with Crippen molar-refractivity contribution in [2.24, 2.45) is 5.73 Å². The van der Waals surface area contributed by atoms with Crippen LogP contribution in [0.5, 0.6) is 0 Å². The third kappa shape index (κ3) is 2.55. The molecule has 1 heterocycles. The molecule has 0 radical (unpaired) electrons. The van der Waals surface area contributed by atoms with Crippen molar-refractivity contribution in [2.75, 3.05) is 7.05 Å². The van der Waals surface area contributed by atoms with Crippen LogP contribution in [-0.4, -0.2) is 18.0 Å². The molecule has 19 heavy (non-hydrogen) atoms. The van der Waals surface area contributed by atoms with Gasteiger partial charge in [0, 0.05) is 28.7 Å². The third-order valence-electron chi connectivity index (χ3n) is 4.32. The Balaban J connectivity index is 1.90. The molecule has 1 aromatic heterocycles. The zero-order valence-electron chi connectivity index (χ0n) is 11.6. The molecule has 102 valence electrons. The molecule has 2 nitrogen and oxygen atoms in total. The van der Waals surface area contributed by atoms with Crippen LogP contribution in [0.4, 0.5) is 0 Å². The minimum absolute atomic E-state index is 0.660. The molecule has 1 aromatic carbocycles. The summed E-state index contributed by atoms with van der Waals surface area (Å²) in [4.78, 5) is 3.88. The monoisotopic (exact) mass is 274 g/mol. The lowest BCUT2D eigenvalue weighted by molar-refractivity contribution is 0.238. The van der Waals surface area contributed by atoms with Crippen molar-refractivity contribution in [2.45, 2.75) is 44.8 Å². The normalized spacial score (nSPS) is 16.8. The van der Waals surface area contributed by atoms with Gasteiger partial charge in [-0.15, -0.1) is 11.3 Å². The molecule has 0 unspecified atom stereocenters. The van der Waals surface area contributed by atoms with Gasteiger partial charge in [-0.1, -0.05) is 31.0 Å². The first-order valence-corrected chi connectivity index (χ1v) is 8.01. The van der Waals surface area contributed by atoms with Gasteiger partial charge in [-0.2, -0.15) is 0 Å². The molecular weight excluding hydrogens is 252 g/mol. The van der Waals surface area contributed by atoms with Gasteiger partial charge in [0.05, 0.1) is 0 Å². The Kier molecular flexibility index (Phi) is 3.87. The van der Waals surface area contributed by atoms with Crippen LogP contribution in [0.3, 0.4) is 0 Å². The van der Waals surface area contributed by atoms with Crippen molar-refractivity contribution in [3.63, 3.8) is 0 Å². The molecular formula is C16H22N2S. The summed E-state index contributed by atoms with van der Waals surface area (Å²) < 4.78 is 1.37. The first kappa shape index (κ1) is 13.1. The Labute approximate surface area is 119 Å². The van der Waals surface area contributed by atoms with Crippen LogP contribution in [0.1, 0.15) is 36.1 Å². The van der Waals surface area contributed by atoms with E-state index in [4.69, 9.17) is 5.73 Å². The standard InChI is InChI=1S/C16H22N2S/c1-18(12-6-2-3-7-12)11-14-13-8-4-5-9-15(13)19-16(14)10-17/h4-5,8-9,12H,2-3,6-7,10-11,17H2,1H3. The molecule has 0 atom stereocenters. The summed E-state index contributed by atoms with van der Waals surface area (Å²) in [5, 5.41) is 1.40. The molecule has 2 aromatic rings. The van der Waals surface area contributed by atoms with E-state index in [1.165, 1.54) is 46.2 Å². The molecule has 1 aliphatic rings. The van der Waals surface area contributed by atoms with Crippen LogP contribution < -0.4 is 5.73 Å². The lowest BCUT2D eigenvalue weighted by Gasteiger charge is -2.24. The van der Waals surface area contributed by atoms with Crippen LogP contribution in [-0.2, 0) is 13.1 Å².